The Labute approximate surface area is 86.3 Å². The summed E-state index contributed by atoms with van der Waals surface area (Å²) in [4.78, 5) is 2.80. The molecule has 1 aromatic rings. The summed E-state index contributed by atoms with van der Waals surface area (Å²) in [6, 6.07) is 0.207. The summed E-state index contributed by atoms with van der Waals surface area (Å²) < 4.78 is 72.9. The number of hydrogen-bond donors (Lipinski definition) is 1. The van der Waals surface area contributed by atoms with Gasteiger partial charge in [0.05, 0.1) is 6.42 Å². The van der Waals surface area contributed by atoms with Gasteiger partial charge < -0.3 is 5.32 Å². The molecule has 0 fully saturated rings. The van der Waals surface area contributed by atoms with Gasteiger partial charge in [-0.3, -0.25) is 0 Å². The third-order valence-corrected chi connectivity index (χ3v) is 1.59. The third kappa shape index (κ3) is 3.59. The van der Waals surface area contributed by atoms with Gasteiger partial charge in [0.1, 0.15) is 0 Å². The number of pyridine rings is 1. The quantitative estimate of drug-likeness (QED) is 0.653. The molecule has 1 aromatic heterocycles. The Morgan fingerprint density at radius 2 is 1.75 bits per heavy atom. The van der Waals surface area contributed by atoms with Crippen molar-refractivity contribution in [3.63, 3.8) is 0 Å². The van der Waals surface area contributed by atoms with Gasteiger partial charge in [-0.25, -0.2) is 8.78 Å². The molecule has 0 bridgehead atoms. The molecule has 0 aliphatic heterocycles. The Kier molecular flexibility index (Phi) is 3.61. The Morgan fingerprint density at radius 1 is 1.12 bits per heavy atom. The first kappa shape index (κ1) is 12.6. The summed E-state index contributed by atoms with van der Waals surface area (Å²) in [7, 11) is 0. The van der Waals surface area contributed by atoms with Crippen molar-refractivity contribution in [3.05, 3.63) is 23.6 Å². The van der Waals surface area contributed by atoms with E-state index < -0.39 is 42.5 Å². The fourth-order valence-electron chi connectivity index (χ4n) is 0.891. The molecule has 0 saturated heterocycles. The summed E-state index contributed by atoms with van der Waals surface area (Å²) >= 11 is 0. The lowest BCUT2D eigenvalue weighted by Crippen LogP contribution is -2.16. The second-order valence-corrected chi connectivity index (χ2v) is 2.88. The maximum atomic E-state index is 12.8. The van der Waals surface area contributed by atoms with Gasteiger partial charge in [0.2, 0.25) is 0 Å². The number of alkyl halides is 3. The minimum Gasteiger partial charge on any atom is -0.367 e. The van der Waals surface area contributed by atoms with Gasteiger partial charge in [-0.15, -0.1) is 0 Å². The van der Waals surface area contributed by atoms with E-state index in [1.54, 1.807) is 0 Å². The smallest absolute Gasteiger partial charge is 0.367 e. The molecule has 1 rings (SSSR count). The van der Waals surface area contributed by atoms with Crippen LogP contribution in [-0.2, 0) is 0 Å². The number of nitrogens with one attached hydrogen (secondary N) is 1. The largest absolute Gasteiger partial charge is 0.390 e. The summed E-state index contributed by atoms with van der Waals surface area (Å²) in [5.74, 6) is -5.07. The van der Waals surface area contributed by atoms with Crippen molar-refractivity contribution >= 4 is 5.82 Å². The molecule has 0 unspecified atom stereocenters. The Balaban J connectivity index is 2.64. The van der Waals surface area contributed by atoms with Crippen molar-refractivity contribution in [2.45, 2.75) is 12.6 Å². The summed E-state index contributed by atoms with van der Waals surface area (Å²) in [6.45, 7) is -0.668. The van der Waals surface area contributed by atoms with Crippen LogP contribution in [0.3, 0.4) is 0 Å². The minimum absolute atomic E-state index is 0.207. The number of aromatic nitrogens is 1. The zero-order valence-corrected chi connectivity index (χ0v) is 7.71. The standard InChI is InChI=1S/C8H6F6N2/c9-4-3-5(10)7(16-6(4)11)15-2-1-8(12,13)14/h3H,1-2H2,(H,15,16). The topological polar surface area (TPSA) is 24.9 Å². The molecule has 0 aliphatic carbocycles. The predicted octanol–water partition coefficient (Wildman–Crippen LogP) is 2.86. The van der Waals surface area contributed by atoms with E-state index in [9.17, 15) is 26.3 Å². The van der Waals surface area contributed by atoms with E-state index in [0.29, 0.717) is 0 Å². The summed E-state index contributed by atoms with van der Waals surface area (Å²) in [6.07, 6.45) is -5.64. The third-order valence-electron chi connectivity index (χ3n) is 1.59. The van der Waals surface area contributed by atoms with Crippen molar-refractivity contribution in [2.24, 2.45) is 0 Å². The normalized spacial score (nSPS) is 11.6. The second-order valence-electron chi connectivity index (χ2n) is 2.88. The van der Waals surface area contributed by atoms with Crippen molar-refractivity contribution < 1.29 is 26.3 Å². The molecule has 0 aliphatic rings. The molecular formula is C8H6F6N2. The molecule has 90 valence electrons. The summed E-state index contributed by atoms with van der Waals surface area (Å²) in [5, 5.41) is 1.92. The molecule has 0 aromatic carbocycles. The van der Waals surface area contributed by atoms with E-state index in [4.69, 9.17) is 0 Å². The monoisotopic (exact) mass is 244 g/mol. The Morgan fingerprint density at radius 3 is 2.31 bits per heavy atom. The number of halogens is 6. The molecule has 16 heavy (non-hydrogen) atoms. The van der Waals surface area contributed by atoms with Crippen molar-refractivity contribution in [1.82, 2.24) is 4.98 Å². The lowest BCUT2D eigenvalue weighted by molar-refractivity contribution is -0.131. The molecule has 0 radical (unpaired) electrons. The highest BCUT2D eigenvalue weighted by Gasteiger charge is 2.26. The van der Waals surface area contributed by atoms with Gasteiger partial charge in [0, 0.05) is 12.6 Å². The number of hydrogen-bond acceptors (Lipinski definition) is 2. The SMILES string of the molecule is Fc1cc(F)c(NCCC(F)(F)F)nc1F. The van der Waals surface area contributed by atoms with E-state index >= 15 is 0 Å². The zero-order chi connectivity index (χ0) is 12.3. The van der Waals surface area contributed by atoms with Crippen LogP contribution in [0.2, 0.25) is 0 Å². The van der Waals surface area contributed by atoms with E-state index in [2.05, 4.69) is 4.98 Å². The molecule has 8 heteroatoms. The maximum Gasteiger partial charge on any atom is 0.390 e. The Hall–Kier alpha value is -1.47. The van der Waals surface area contributed by atoms with Gasteiger partial charge >= 0.3 is 6.18 Å². The van der Waals surface area contributed by atoms with E-state index in [1.165, 1.54) is 0 Å². The van der Waals surface area contributed by atoms with Gasteiger partial charge in [-0.1, -0.05) is 0 Å². The number of rotatable bonds is 3. The molecule has 0 atom stereocenters. The van der Waals surface area contributed by atoms with Crippen molar-refractivity contribution in [3.8, 4) is 0 Å². The first-order valence-electron chi connectivity index (χ1n) is 4.12. The van der Waals surface area contributed by atoms with Crippen molar-refractivity contribution in [2.75, 3.05) is 11.9 Å². The van der Waals surface area contributed by atoms with Gasteiger partial charge in [0.15, 0.2) is 17.5 Å². The molecule has 1 heterocycles. The van der Waals surface area contributed by atoms with Crippen LogP contribution < -0.4 is 5.32 Å². The van der Waals surface area contributed by atoms with E-state index in [-0.39, 0.29) is 6.07 Å². The van der Waals surface area contributed by atoms with Gasteiger partial charge in [-0.2, -0.15) is 22.5 Å². The van der Waals surface area contributed by atoms with Crippen LogP contribution in [0.4, 0.5) is 32.2 Å². The average Bonchev–Trinajstić information content (AvgIpc) is 2.11. The van der Waals surface area contributed by atoms with Crippen LogP contribution in [0.15, 0.2) is 6.07 Å². The van der Waals surface area contributed by atoms with Gasteiger partial charge in [-0.05, 0) is 0 Å². The summed E-state index contributed by atoms with van der Waals surface area (Å²) in [5.41, 5.74) is 0. The van der Waals surface area contributed by atoms with Crippen LogP contribution in [0.5, 0.6) is 0 Å². The van der Waals surface area contributed by atoms with Crippen LogP contribution in [0, 0.1) is 17.6 Å². The highest BCUT2D eigenvalue weighted by molar-refractivity contribution is 5.35. The van der Waals surface area contributed by atoms with E-state index in [0.717, 1.165) is 0 Å². The maximum absolute atomic E-state index is 12.8. The van der Waals surface area contributed by atoms with Gasteiger partial charge in [0.25, 0.3) is 5.95 Å². The molecule has 1 N–H and O–H groups in total. The number of nitrogens with zero attached hydrogens (tertiary/aromatic N) is 1. The fraction of sp³-hybridized carbons (Fsp3) is 0.375. The highest BCUT2D eigenvalue weighted by atomic mass is 19.4. The number of anilines is 1. The Bertz CT molecular complexity index is 376. The predicted molar refractivity (Wildman–Crippen MR) is 43.3 cm³/mol. The molecular weight excluding hydrogens is 238 g/mol. The van der Waals surface area contributed by atoms with E-state index in [1.807, 2.05) is 5.32 Å². The minimum atomic E-state index is -4.41. The fourth-order valence-corrected chi connectivity index (χ4v) is 0.891. The zero-order valence-electron chi connectivity index (χ0n) is 7.71. The average molecular weight is 244 g/mol. The van der Waals surface area contributed by atoms with Crippen LogP contribution in [0.1, 0.15) is 6.42 Å². The van der Waals surface area contributed by atoms with Crippen LogP contribution >= 0.6 is 0 Å². The first-order valence-corrected chi connectivity index (χ1v) is 4.12. The van der Waals surface area contributed by atoms with Crippen LogP contribution in [-0.4, -0.2) is 17.7 Å². The van der Waals surface area contributed by atoms with Crippen LogP contribution in [0.25, 0.3) is 0 Å². The second kappa shape index (κ2) is 4.58. The molecule has 0 amide bonds. The molecule has 0 spiro atoms. The molecule has 0 saturated carbocycles. The van der Waals surface area contributed by atoms with Crippen molar-refractivity contribution in [1.29, 1.82) is 0 Å². The highest BCUT2D eigenvalue weighted by Crippen LogP contribution is 2.20. The first-order chi connectivity index (χ1) is 7.29. The lowest BCUT2D eigenvalue weighted by atomic mass is 10.4. The molecule has 2 nitrogen and oxygen atoms in total. The lowest BCUT2D eigenvalue weighted by Gasteiger charge is -2.08.